The van der Waals surface area contributed by atoms with Crippen LogP contribution in [0.1, 0.15) is 10.4 Å². The van der Waals surface area contributed by atoms with Crippen molar-refractivity contribution in [3.63, 3.8) is 0 Å². The van der Waals surface area contributed by atoms with Gasteiger partial charge < -0.3 is 29.0 Å². The molecule has 7 nitrogen and oxygen atoms in total. The largest absolute Gasteiger partial charge is 0.489 e. The van der Waals surface area contributed by atoms with Crippen molar-refractivity contribution >= 4 is 23.6 Å². The number of carbonyl (C=O) groups excluding carboxylic acids is 1. The summed E-state index contributed by atoms with van der Waals surface area (Å²) in [5.41, 5.74) is 1.40. The zero-order chi connectivity index (χ0) is 18.9. The van der Waals surface area contributed by atoms with E-state index >= 15 is 0 Å². The lowest BCUT2D eigenvalue weighted by molar-refractivity contribution is -0.00324. The fourth-order valence-electron chi connectivity index (χ4n) is 1.97. The minimum absolute atomic E-state index is 0.391. The third-order valence-electron chi connectivity index (χ3n) is 3.23. The van der Waals surface area contributed by atoms with Crippen LogP contribution in [0.4, 0.5) is 5.69 Å². The van der Waals surface area contributed by atoms with Crippen LogP contribution in [0.2, 0.25) is 0 Å². The van der Waals surface area contributed by atoms with Gasteiger partial charge in [-0.25, -0.2) is 0 Å². The number of aldehydes is 1. The second kappa shape index (κ2) is 15.8. The molecule has 148 valence electrons. The SMILES string of the molecule is CNc1ccc(C=O)cc1OCCOCCOCCOCCOCCCl. The fraction of sp³-hybridized carbons (Fsp3) is 0.611. The summed E-state index contributed by atoms with van der Waals surface area (Å²) in [6.07, 6.45) is 0.788. The predicted molar refractivity (Wildman–Crippen MR) is 101 cm³/mol. The Morgan fingerprint density at radius 2 is 1.42 bits per heavy atom. The highest BCUT2D eigenvalue weighted by molar-refractivity contribution is 6.17. The molecule has 1 rings (SSSR count). The van der Waals surface area contributed by atoms with Crippen molar-refractivity contribution < 1.29 is 28.5 Å². The standard InChI is InChI=1S/C18H28ClNO6/c1-20-17-3-2-16(15-21)14-18(17)26-13-12-25-11-10-24-9-8-23-7-6-22-5-4-19/h2-3,14-15,20H,4-13H2,1H3. The minimum atomic E-state index is 0.391. The number of hydrogen-bond donors (Lipinski definition) is 1. The molecule has 0 aliphatic heterocycles. The van der Waals surface area contributed by atoms with E-state index in [4.69, 9.17) is 35.3 Å². The molecule has 0 saturated carbocycles. The van der Waals surface area contributed by atoms with Crippen LogP contribution in [-0.2, 0) is 18.9 Å². The lowest BCUT2D eigenvalue weighted by Gasteiger charge is -2.12. The quantitative estimate of drug-likeness (QED) is 0.249. The van der Waals surface area contributed by atoms with Crippen LogP contribution in [0, 0.1) is 0 Å². The van der Waals surface area contributed by atoms with Gasteiger partial charge in [-0.05, 0) is 18.2 Å². The summed E-state index contributed by atoms with van der Waals surface area (Å²) >= 11 is 5.48. The molecule has 0 aromatic heterocycles. The van der Waals surface area contributed by atoms with E-state index in [0.717, 1.165) is 12.0 Å². The van der Waals surface area contributed by atoms with Crippen LogP contribution >= 0.6 is 11.6 Å². The summed E-state index contributed by atoms with van der Waals surface area (Å²) in [4.78, 5) is 10.8. The van der Waals surface area contributed by atoms with E-state index in [0.29, 0.717) is 76.7 Å². The van der Waals surface area contributed by atoms with Gasteiger partial charge >= 0.3 is 0 Å². The Morgan fingerprint density at radius 3 is 1.92 bits per heavy atom. The van der Waals surface area contributed by atoms with E-state index < -0.39 is 0 Å². The molecule has 0 saturated heterocycles. The average Bonchev–Trinajstić information content (AvgIpc) is 2.68. The summed E-state index contributed by atoms with van der Waals surface area (Å²) in [6.45, 7) is 4.46. The van der Waals surface area contributed by atoms with Crippen LogP contribution in [0.25, 0.3) is 0 Å². The monoisotopic (exact) mass is 389 g/mol. The first-order valence-electron chi connectivity index (χ1n) is 8.58. The van der Waals surface area contributed by atoms with Gasteiger partial charge in [0.15, 0.2) is 0 Å². The highest BCUT2D eigenvalue weighted by Crippen LogP contribution is 2.24. The van der Waals surface area contributed by atoms with Gasteiger partial charge in [0.2, 0.25) is 0 Å². The normalized spacial score (nSPS) is 10.7. The van der Waals surface area contributed by atoms with Gasteiger partial charge in [0.05, 0.1) is 58.5 Å². The molecule has 0 spiro atoms. The van der Waals surface area contributed by atoms with Gasteiger partial charge in [-0.1, -0.05) is 0 Å². The number of halogens is 1. The Balaban J connectivity index is 1.96. The third-order valence-corrected chi connectivity index (χ3v) is 3.39. The molecule has 0 atom stereocenters. The van der Waals surface area contributed by atoms with E-state index in [2.05, 4.69) is 5.32 Å². The number of anilines is 1. The van der Waals surface area contributed by atoms with Crippen molar-refractivity contribution in [2.24, 2.45) is 0 Å². The van der Waals surface area contributed by atoms with E-state index in [1.165, 1.54) is 0 Å². The molecule has 0 unspecified atom stereocenters. The number of nitrogens with one attached hydrogen (secondary N) is 1. The number of rotatable bonds is 17. The summed E-state index contributed by atoms with van der Waals surface area (Å²) < 4.78 is 27.0. The molecule has 0 aliphatic rings. The first kappa shape index (κ1) is 22.7. The number of hydrogen-bond acceptors (Lipinski definition) is 7. The smallest absolute Gasteiger partial charge is 0.150 e. The summed E-state index contributed by atoms with van der Waals surface area (Å²) in [5.74, 6) is 1.12. The number of carbonyl (C=O) groups is 1. The maximum atomic E-state index is 10.8. The van der Waals surface area contributed by atoms with Crippen LogP contribution in [-0.4, -0.2) is 78.7 Å². The van der Waals surface area contributed by atoms with Crippen LogP contribution < -0.4 is 10.1 Å². The zero-order valence-electron chi connectivity index (χ0n) is 15.2. The Bertz CT molecular complexity index is 489. The lowest BCUT2D eigenvalue weighted by Crippen LogP contribution is -2.14. The molecule has 0 fully saturated rings. The Kier molecular flexibility index (Phi) is 13.8. The van der Waals surface area contributed by atoms with Crippen molar-refractivity contribution in [2.75, 3.05) is 77.7 Å². The average molecular weight is 390 g/mol. The molecular formula is C18H28ClNO6. The van der Waals surface area contributed by atoms with Gasteiger partial charge in [0.1, 0.15) is 18.6 Å². The van der Waals surface area contributed by atoms with Gasteiger partial charge in [-0.2, -0.15) is 0 Å². The summed E-state index contributed by atoms with van der Waals surface area (Å²) in [5, 5.41) is 3.02. The van der Waals surface area contributed by atoms with Crippen molar-refractivity contribution in [3.8, 4) is 5.75 Å². The Morgan fingerprint density at radius 1 is 0.885 bits per heavy atom. The third kappa shape index (κ3) is 10.6. The van der Waals surface area contributed by atoms with Gasteiger partial charge in [-0.3, -0.25) is 4.79 Å². The molecular weight excluding hydrogens is 362 g/mol. The maximum Gasteiger partial charge on any atom is 0.150 e. The molecule has 0 bridgehead atoms. The van der Waals surface area contributed by atoms with Crippen molar-refractivity contribution in [2.45, 2.75) is 0 Å². The molecule has 0 heterocycles. The highest BCUT2D eigenvalue weighted by atomic mass is 35.5. The van der Waals surface area contributed by atoms with E-state index in [-0.39, 0.29) is 0 Å². The van der Waals surface area contributed by atoms with Gasteiger partial charge in [-0.15, -0.1) is 11.6 Å². The minimum Gasteiger partial charge on any atom is -0.489 e. The van der Waals surface area contributed by atoms with Crippen LogP contribution in [0.3, 0.4) is 0 Å². The van der Waals surface area contributed by atoms with E-state index in [9.17, 15) is 4.79 Å². The number of benzene rings is 1. The molecule has 1 aromatic carbocycles. The number of alkyl halides is 1. The van der Waals surface area contributed by atoms with Crippen molar-refractivity contribution in [1.29, 1.82) is 0 Å². The van der Waals surface area contributed by atoms with E-state index in [1.54, 1.807) is 25.2 Å². The Labute approximate surface area is 159 Å². The zero-order valence-corrected chi connectivity index (χ0v) is 16.0. The van der Waals surface area contributed by atoms with Gasteiger partial charge in [0.25, 0.3) is 0 Å². The van der Waals surface area contributed by atoms with Crippen LogP contribution in [0.5, 0.6) is 5.75 Å². The molecule has 1 aromatic rings. The predicted octanol–water partition coefficient (Wildman–Crippen LogP) is 2.22. The van der Waals surface area contributed by atoms with E-state index in [1.807, 2.05) is 0 Å². The summed E-state index contributed by atoms with van der Waals surface area (Å²) in [6, 6.07) is 5.23. The first-order valence-corrected chi connectivity index (χ1v) is 9.12. The fourth-order valence-corrected chi connectivity index (χ4v) is 2.07. The van der Waals surface area contributed by atoms with Gasteiger partial charge in [0, 0.05) is 18.5 Å². The lowest BCUT2D eigenvalue weighted by atomic mass is 10.2. The second-order valence-electron chi connectivity index (χ2n) is 5.11. The molecule has 1 N–H and O–H groups in total. The first-order chi connectivity index (χ1) is 12.8. The topological polar surface area (TPSA) is 75.3 Å². The summed E-state index contributed by atoms with van der Waals surface area (Å²) in [7, 11) is 1.80. The van der Waals surface area contributed by atoms with Crippen molar-refractivity contribution in [1.82, 2.24) is 0 Å². The maximum absolute atomic E-state index is 10.8. The molecule has 0 aliphatic carbocycles. The molecule has 0 amide bonds. The molecule has 0 radical (unpaired) electrons. The highest BCUT2D eigenvalue weighted by Gasteiger charge is 2.03. The van der Waals surface area contributed by atoms with Crippen LogP contribution in [0.15, 0.2) is 18.2 Å². The molecule has 26 heavy (non-hydrogen) atoms. The Hall–Kier alpha value is -1.38. The molecule has 8 heteroatoms. The second-order valence-corrected chi connectivity index (χ2v) is 5.49. The van der Waals surface area contributed by atoms with Crippen molar-refractivity contribution in [3.05, 3.63) is 23.8 Å². The number of ether oxygens (including phenoxy) is 5.